The summed E-state index contributed by atoms with van der Waals surface area (Å²) in [6.07, 6.45) is 4.99. The van der Waals surface area contributed by atoms with Gasteiger partial charge in [0, 0.05) is 13.1 Å². The highest BCUT2D eigenvalue weighted by molar-refractivity contribution is 5.85. The van der Waals surface area contributed by atoms with E-state index < -0.39 is 0 Å². The first kappa shape index (κ1) is 14.7. The van der Waals surface area contributed by atoms with Gasteiger partial charge in [-0.3, -0.25) is 4.79 Å². The molecule has 1 saturated carbocycles. The van der Waals surface area contributed by atoms with Crippen LogP contribution < -0.4 is 10.6 Å². The predicted molar refractivity (Wildman–Crippen MR) is 69.4 cm³/mol. The number of rotatable bonds is 5. The molecule has 1 atom stereocenters. The zero-order valence-electron chi connectivity index (χ0n) is 10.5. The van der Waals surface area contributed by atoms with Crippen LogP contribution in [0.5, 0.6) is 0 Å². The Morgan fingerprint density at radius 3 is 2.82 bits per heavy atom. The lowest BCUT2D eigenvalue weighted by Crippen LogP contribution is -2.52. The van der Waals surface area contributed by atoms with Crippen LogP contribution in [-0.2, 0) is 9.53 Å². The van der Waals surface area contributed by atoms with Gasteiger partial charge in [-0.1, -0.05) is 13.3 Å². The van der Waals surface area contributed by atoms with Crippen LogP contribution >= 0.6 is 12.4 Å². The third-order valence-electron chi connectivity index (χ3n) is 3.61. The lowest BCUT2D eigenvalue weighted by Gasteiger charge is -2.24. The second kappa shape index (κ2) is 6.57. The van der Waals surface area contributed by atoms with E-state index in [1.54, 1.807) is 0 Å². The summed E-state index contributed by atoms with van der Waals surface area (Å²) in [6.45, 7) is 5.05. The summed E-state index contributed by atoms with van der Waals surface area (Å²) in [5.74, 6) is 0.0991. The highest BCUT2D eigenvalue weighted by atomic mass is 35.5. The molecule has 1 saturated heterocycles. The van der Waals surface area contributed by atoms with Crippen LogP contribution in [0.4, 0.5) is 0 Å². The molecule has 0 aromatic carbocycles. The first-order chi connectivity index (χ1) is 7.76. The van der Waals surface area contributed by atoms with Crippen molar-refractivity contribution in [3.8, 4) is 0 Å². The van der Waals surface area contributed by atoms with Crippen molar-refractivity contribution < 1.29 is 9.53 Å². The number of carbonyl (C=O) groups is 1. The molecule has 2 N–H and O–H groups in total. The summed E-state index contributed by atoms with van der Waals surface area (Å²) in [5, 5.41) is 6.23. The fraction of sp³-hybridized carbons (Fsp3) is 0.917. The number of amides is 1. The van der Waals surface area contributed by atoms with E-state index in [1.807, 2.05) is 0 Å². The Morgan fingerprint density at radius 2 is 2.29 bits per heavy atom. The molecular weight excluding hydrogens is 240 g/mol. The summed E-state index contributed by atoms with van der Waals surface area (Å²) in [7, 11) is 0. The van der Waals surface area contributed by atoms with E-state index in [9.17, 15) is 4.79 Å². The van der Waals surface area contributed by atoms with Gasteiger partial charge < -0.3 is 15.4 Å². The third-order valence-corrected chi connectivity index (χ3v) is 3.61. The van der Waals surface area contributed by atoms with Crippen molar-refractivity contribution in [2.45, 2.75) is 38.6 Å². The normalized spacial score (nSPS) is 25.8. The van der Waals surface area contributed by atoms with E-state index in [4.69, 9.17) is 4.74 Å². The second-order valence-corrected chi connectivity index (χ2v) is 5.05. The van der Waals surface area contributed by atoms with E-state index in [1.165, 1.54) is 25.7 Å². The summed E-state index contributed by atoms with van der Waals surface area (Å²) < 4.78 is 5.27. The van der Waals surface area contributed by atoms with Crippen molar-refractivity contribution in [3.05, 3.63) is 0 Å². The van der Waals surface area contributed by atoms with Crippen molar-refractivity contribution in [1.29, 1.82) is 0 Å². The minimum absolute atomic E-state index is 0. The standard InChI is InChI=1S/C12H22N2O2.ClH/c1-2-3-12(4-5-12)9-14-11(15)10-8-16-7-6-13-10;/h10,13H,2-9H2,1H3,(H,14,15);1H. The summed E-state index contributed by atoms with van der Waals surface area (Å²) >= 11 is 0. The van der Waals surface area contributed by atoms with Gasteiger partial charge in [0.05, 0.1) is 13.2 Å². The first-order valence-corrected chi connectivity index (χ1v) is 6.35. The molecule has 1 aliphatic carbocycles. The maximum absolute atomic E-state index is 11.8. The maximum Gasteiger partial charge on any atom is 0.239 e. The molecule has 1 aliphatic heterocycles. The molecule has 2 rings (SSSR count). The number of morpholine rings is 1. The average Bonchev–Trinajstić information content (AvgIpc) is 3.08. The van der Waals surface area contributed by atoms with Gasteiger partial charge in [-0.25, -0.2) is 0 Å². The highest BCUT2D eigenvalue weighted by Crippen LogP contribution is 2.48. The number of nitrogens with one attached hydrogen (secondary N) is 2. The fourth-order valence-corrected chi connectivity index (χ4v) is 2.35. The number of ether oxygens (including phenoxy) is 1. The van der Waals surface area contributed by atoms with Gasteiger partial charge in [0.1, 0.15) is 6.04 Å². The number of hydrogen-bond donors (Lipinski definition) is 2. The van der Waals surface area contributed by atoms with Gasteiger partial charge in [-0.05, 0) is 24.7 Å². The van der Waals surface area contributed by atoms with Crippen LogP contribution in [0.3, 0.4) is 0 Å². The fourth-order valence-electron chi connectivity index (χ4n) is 2.35. The zero-order valence-corrected chi connectivity index (χ0v) is 11.3. The molecule has 17 heavy (non-hydrogen) atoms. The minimum atomic E-state index is -0.147. The Labute approximate surface area is 109 Å². The Kier molecular flexibility index (Phi) is 5.70. The van der Waals surface area contributed by atoms with E-state index >= 15 is 0 Å². The molecular formula is C12H23ClN2O2. The van der Waals surface area contributed by atoms with Gasteiger partial charge in [0.25, 0.3) is 0 Å². The van der Waals surface area contributed by atoms with Crippen molar-refractivity contribution in [2.75, 3.05) is 26.3 Å². The number of carbonyl (C=O) groups excluding carboxylic acids is 1. The van der Waals surface area contributed by atoms with Crippen LogP contribution in [0.2, 0.25) is 0 Å². The lowest BCUT2D eigenvalue weighted by molar-refractivity contribution is -0.126. The molecule has 100 valence electrons. The largest absolute Gasteiger partial charge is 0.378 e. The van der Waals surface area contributed by atoms with E-state index in [2.05, 4.69) is 17.6 Å². The summed E-state index contributed by atoms with van der Waals surface area (Å²) in [5.41, 5.74) is 0.430. The summed E-state index contributed by atoms with van der Waals surface area (Å²) in [4.78, 5) is 11.8. The number of hydrogen-bond acceptors (Lipinski definition) is 3. The molecule has 1 amide bonds. The van der Waals surface area contributed by atoms with Crippen molar-refractivity contribution in [2.24, 2.45) is 5.41 Å². The van der Waals surface area contributed by atoms with E-state index in [0.29, 0.717) is 18.6 Å². The van der Waals surface area contributed by atoms with Gasteiger partial charge in [0.15, 0.2) is 0 Å². The minimum Gasteiger partial charge on any atom is -0.378 e. The highest BCUT2D eigenvalue weighted by Gasteiger charge is 2.41. The third kappa shape index (κ3) is 4.12. The molecule has 0 aromatic rings. The SMILES string of the molecule is CCCC1(CNC(=O)C2COCCN2)CC1.Cl. The van der Waals surface area contributed by atoms with Crippen LogP contribution in [0.15, 0.2) is 0 Å². The molecule has 0 bridgehead atoms. The molecule has 0 spiro atoms. The Balaban J connectivity index is 0.00000144. The molecule has 1 heterocycles. The second-order valence-electron chi connectivity index (χ2n) is 5.05. The molecule has 2 fully saturated rings. The van der Waals surface area contributed by atoms with E-state index in [0.717, 1.165) is 13.1 Å². The number of halogens is 1. The average molecular weight is 263 g/mol. The monoisotopic (exact) mass is 262 g/mol. The van der Waals surface area contributed by atoms with Gasteiger partial charge >= 0.3 is 0 Å². The van der Waals surface area contributed by atoms with E-state index in [-0.39, 0.29) is 24.4 Å². The molecule has 2 aliphatic rings. The molecule has 5 heteroatoms. The van der Waals surface area contributed by atoms with Crippen LogP contribution in [0, 0.1) is 5.41 Å². The Bertz CT molecular complexity index is 251. The van der Waals surface area contributed by atoms with Gasteiger partial charge in [-0.2, -0.15) is 0 Å². The van der Waals surface area contributed by atoms with Crippen LogP contribution in [0.25, 0.3) is 0 Å². The molecule has 0 radical (unpaired) electrons. The topological polar surface area (TPSA) is 50.4 Å². The van der Waals surface area contributed by atoms with Crippen molar-refractivity contribution in [3.63, 3.8) is 0 Å². The predicted octanol–water partition coefficient (Wildman–Crippen LogP) is 1.09. The van der Waals surface area contributed by atoms with Gasteiger partial charge in [-0.15, -0.1) is 12.4 Å². The van der Waals surface area contributed by atoms with Crippen molar-refractivity contribution in [1.82, 2.24) is 10.6 Å². The quantitative estimate of drug-likeness (QED) is 0.780. The zero-order chi connectivity index (χ0) is 11.4. The maximum atomic E-state index is 11.8. The Morgan fingerprint density at radius 1 is 1.53 bits per heavy atom. The van der Waals surface area contributed by atoms with Gasteiger partial charge in [0.2, 0.25) is 5.91 Å². The first-order valence-electron chi connectivity index (χ1n) is 6.35. The van der Waals surface area contributed by atoms with Crippen LogP contribution in [-0.4, -0.2) is 38.3 Å². The lowest BCUT2D eigenvalue weighted by atomic mass is 10.0. The van der Waals surface area contributed by atoms with Crippen molar-refractivity contribution >= 4 is 18.3 Å². The van der Waals surface area contributed by atoms with Crippen LogP contribution in [0.1, 0.15) is 32.6 Å². The molecule has 1 unspecified atom stereocenters. The summed E-state index contributed by atoms with van der Waals surface area (Å²) in [6, 6.07) is -0.147. The molecule has 4 nitrogen and oxygen atoms in total. The smallest absolute Gasteiger partial charge is 0.239 e. The Hall–Kier alpha value is -0.320. The molecule has 0 aromatic heterocycles.